The van der Waals surface area contributed by atoms with Gasteiger partial charge >= 0.3 is 0 Å². The van der Waals surface area contributed by atoms with Crippen molar-refractivity contribution in [3.63, 3.8) is 0 Å². The fourth-order valence-electron chi connectivity index (χ4n) is 3.24. The van der Waals surface area contributed by atoms with Crippen molar-refractivity contribution in [2.24, 2.45) is 5.92 Å². The maximum absolute atomic E-state index is 12.3. The summed E-state index contributed by atoms with van der Waals surface area (Å²) in [6.45, 7) is 4.29. The summed E-state index contributed by atoms with van der Waals surface area (Å²) >= 11 is 4.76. The number of amides is 2. The van der Waals surface area contributed by atoms with Crippen molar-refractivity contribution >= 4 is 51.0 Å². The van der Waals surface area contributed by atoms with Crippen LogP contribution in [0.2, 0.25) is 0 Å². The normalized spacial score (nSPS) is 16.2. The highest BCUT2D eigenvalue weighted by molar-refractivity contribution is 9.10. The van der Waals surface area contributed by atoms with Gasteiger partial charge in [-0.05, 0) is 59.5 Å². The highest BCUT2D eigenvalue weighted by Gasteiger charge is 2.26. The van der Waals surface area contributed by atoms with E-state index in [1.807, 2.05) is 43.3 Å². The molecule has 1 aliphatic rings. The van der Waals surface area contributed by atoms with E-state index in [4.69, 9.17) is 0 Å². The molecule has 1 fully saturated rings. The molecule has 1 aromatic heterocycles. The molecule has 0 radical (unpaired) electrons. The number of halogens is 1. The second kappa shape index (κ2) is 11.3. The van der Waals surface area contributed by atoms with Crippen molar-refractivity contribution in [2.45, 2.75) is 31.2 Å². The molecule has 30 heavy (non-hydrogen) atoms. The molecule has 0 spiro atoms. The van der Waals surface area contributed by atoms with Gasteiger partial charge < -0.3 is 15.5 Å². The lowest BCUT2D eigenvalue weighted by Crippen LogP contribution is -2.43. The van der Waals surface area contributed by atoms with Crippen LogP contribution in [0.3, 0.4) is 0 Å². The zero-order chi connectivity index (χ0) is 21.3. The second-order valence-corrected chi connectivity index (χ2v) is 8.97. The first-order valence-corrected chi connectivity index (χ1v) is 11.9. The van der Waals surface area contributed by atoms with E-state index in [9.17, 15) is 9.59 Å². The predicted molar refractivity (Wildman–Crippen MR) is 124 cm³/mol. The fraction of sp³-hybridized carbons (Fsp3) is 0.429. The molecule has 9 heteroatoms. The lowest BCUT2D eigenvalue weighted by Gasteiger charge is -2.32. The van der Waals surface area contributed by atoms with Gasteiger partial charge in [-0.2, -0.15) is 0 Å². The van der Waals surface area contributed by atoms with Gasteiger partial charge in [0.05, 0.1) is 17.4 Å². The zero-order valence-corrected chi connectivity index (χ0v) is 19.3. The number of anilines is 2. The summed E-state index contributed by atoms with van der Waals surface area (Å²) in [7, 11) is 0. The van der Waals surface area contributed by atoms with Crippen LogP contribution >= 0.6 is 27.7 Å². The third kappa shape index (κ3) is 6.43. The van der Waals surface area contributed by atoms with Gasteiger partial charge in [0, 0.05) is 24.1 Å². The van der Waals surface area contributed by atoms with Crippen molar-refractivity contribution in [1.82, 2.24) is 15.5 Å². The lowest BCUT2D eigenvalue weighted by atomic mass is 9.97. The minimum absolute atomic E-state index is 0.0119. The Morgan fingerprint density at radius 1 is 1.23 bits per heavy atom. The SMILES string of the molecule is CCCNC(=O)[C@@H]1CCCN(c2ccc(SCC(=O)Nc3ccccc3Br)nn2)C1. The number of rotatable bonds is 8. The Morgan fingerprint density at radius 3 is 2.80 bits per heavy atom. The van der Waals surface area contributed by atoms with Gasteiger partial charge in [-0.15, -0.1) is 10.2 Å². The summed E-state index contributed by atoms with van der Waals surface area (Å²) < 4.78 is 0.843. The number of hydrogen-bond donors (Lipinski definition) is 2. The number of aromatic nitrogens is 2. The van der Waals surface area contributed by atoms with E-state index in [0.29, 0.717) is 11.6 Å². The molecule has 1 saturated heterocycles. The monoisotopic (exact) mass is 491 g/mol. The van der Waals surface area contributed by atoms with Gasteiger partial charge in [0.15, 0.2) is 5.82 Å². The number of thioether (sulfide) groups is 1. The van der Waals surface area contributed by atoms with Gasteiger partial charge in [-0.1, -0.05) is 30.8 Å². The minimum atomic E-state index is -0.102. The minimum Gasteiger partial charge on any atom is -0.356 e. The molecule has 1 aromatic carbocycles. The molecule has 7 nitrogen and oxygen atoms in total. The summed E-state index contributed by atoms with van der Waals surface area (Å²) in [5.41, 5.74) is 0.743. The first-order chi connectivity index (χ1) is 14.6. The summed E-state index contributed by atoms with van der Waals surface area (Å²) in [5.74, 6) is 1.03. The fourth-order valence-corrected chi connectivity index (χ4v) is 4.24. The van der Waals surface area contributed by atoms with Gasteiger partial charge in [0.2, 0.25) is 11.8 Å². The Bertz CT molecular complexity index is 865. The summed E-state index contributed by atoms with van der Waals surface area (Å²) in [5, 5.41) is 15.1. The van der Waals surface area contributed by atoms with Crippen molar-refractivity contribution in [3.05, 3.63) is 40.9 Å². The molecule has 2 aromatic rings. The molecule has 0 aliphatic carbocycles. The van der Waals surface area contributed by atoms with Gasteiger partial charge in [0.25, 0.3) is 0 Å². The molecular weight excluding hydrogens is 466 g/mol. The predicted octanol–water partition coefficient (Wildman–Crippen LogP) is 3.71. The number of hydrogen-bond acceptors (Lipinski definition) is 6. The van der Waals surface area contributed by atoms with Crippen molar-refractivity contribution < 1.29 is 9.59 Å². The van der Waals surface area contributed by atoms with Crippen LogP contribution < -0.4 is 15.5 Å². The van der Waals surface area contributed by atoms with Crippen molar-refractivity contribution in [3.8, 4) is 0 Å². The Kier molecular flexibility index (Phi) is 8.50. The molecule has 160 valence electrons. The molecule has 2 N–H and O–H groups in total. The van der Waals surface area contributed by atoms with Crippen LogP contribution in [0.25, 0.3) is 0 Å². The molecule has 1 atom stereocenters. The molecule has 0 unspecified atom stereocenters. The Hall–Kier alpha value is -2.13. The molecule has 2 amide bonds. The molecule has 1 aliphatic heterocycles. The number of nitrogens with one attached hydrogen (secondary N) is 2. The second-order valence-electron chi connectivity index (χ2n) is 7.12. The largest absolute Gasteiger partial charge is 0.356 e. The van der Waals surface area contributed by atoms with Crippen LogP contribution in [0.1, 0.15) is 26.2 Å². The lowest BCUT2D eigenvalue weighted by molar-refractivity contribution is -0.125. The number of piperidine rings is 1. The third-order valence-corrected chi connectivity index (χ3v) is 6.40. The van der Waals surface area contributed by atoms with Crippen LogP contribution in [0.15, 0.2) is 45.9 Å². The number of carbonyl (C=O) groups excluding carboxylic acids is 2. The summed E-state index contributed by atoms with van der Waals surface area (Å²) in [6.07, 6.45) is 2.80. The van der Waals surface area contributed by atoms with Crippen LogP contribution in [0.5, 0.6) is 0 Å². The van der Waals surface area contributed by atoms with Crippen molar-refractivity contribution in [2.75, 3.05) is 35.6 Å². The highest BCUT2D eigenvalue weighted by Crippen LogP contribution is 2.24. The molecule has 0 saturated carbocycles. The van der Waals surface area contributed by atoms with Gasteiger partial charge in [0.1, 0.15) is 5.03 Å². The van der Waals surface area contributed by atoms with Crippen LogP contribution in [0.4, 0.5) is 11.5 Å². The molecule has 0 bridgehead atoms. The standard InChI is InChI=1S/C21H26BrN5O2S/c1-2-11-23-21(29)15-6-5-12-27(13-15)18-9-10-20(26-25-18)30-14-19(28)24-17-8-4-3-7-16(17)22/h3-4,7-10,15H,2,5-6,11-14H2,1H3,(H,23,29)(H,24,28)/t15-/m1/s1. The highest BCUT2D eigenvalue weighted by atomic mass is 79.9. The van der Waals surface area contributed by atoms with E-state index in [1.54, 1.807) is 0 Å². The first kappa shape index (κ1) is 22.6. The molecular formula is C21H26BrN5O2S. The van der Waals surface area contributed by atoms with Crippen molar-refractivity contribution in [1.29, 1.82) is 0 Å². The smallest absolute Gasteiger partial charge is 0.234 e. The summed E-state index contributed by atoms with van der Waals surface area (Å²) in [4.78, 5) is 26.6. The van der Waals surface area contributed by atoms with Gasteiger partial charge in [-0.3, -0.25) is 9.59 Å². The third-order valence-electron chi connectivity index (χ3n) is 4.79. The molecule has 3 rings (SSSR count). The van der Waals surface area contributed by atoms with Gasteiger partial charge in [-0.25, -0.2) is 0 Å². The average molecular weight is 492 g/mol. The van der Waals surface area contributed by atoms with Crippen LogP contribution in [-0.4, -0.2) is 47.4 Å². The molecule has 2 heterocycles. The van der Waals surface area contributed by atoms with E-state index < -0.39 is 0 Å². The Morgan fingerprint density at radius 2 is 2.07 bits per heavy atom. The first-order valence-electron chi connectivity index (χ1n) is 10.1. The maximum Gasteiger partial charge on any atom is 0.234 e. The number of para-hydroxylation sites is 1. The van der Waals surface area contributed by atoms with Crippen LogP contribution in [-0.2, 0) is 9.59 Å². The zero-order valence-electron chi connectivity index (χ0n) is 16.9. The maximum atomic E-state index is 12.3. The number of carbonyl (C=O) groups is 2. The topological polar surface area (TPSA) is 87.2 Å². The van der Waals surface area contributed by atoms with E-state index in [1.165, 1.54) is 11.8 Å². The number of benzene rings is 1. The Labute approximate surface area is 189 Å². The van der Waals surface area contributed by atoms with E-state index in [2.05, 4.69) is 41.7 Å². The number of nitrogens with zero attached hydrogens (tertiary/aromatic N) is 3. The average Bonchev–Trinajstić information content (AvgIpc) is 2.78. The van der Waals surface area contributed by atoms with E-state index >= 15 is 0 Å². The van der Waals surface area contributed by atoms with E-state index in [0.717, 1.165) is 48.3 Å². The summed E-state index contributed by atoms with van der Waals surface area (Å²) in [6, 6.07) is 11.3. The quantitative estimate of drug-likeness (QED) is 0.547. The van der Waals surface area contributed by atoms with Crippen LogP contribution in [0, 0.1) is 5.92 Å². The van der Waals surface area contributed by atoms with E-state index in [-0.39, 0.29) is 23.5 Å². The Balaban J connectivity index is 1.50.